The van der Waals surface area contributed by atoms with Gasteiger partial charge in [-0.05, 0) is 56.2 Å². The number of hydrogen-bond acceptors (Lipinski definition) is 5. The number of hydrogen-bond donors (Lipinski definition) is 3. The molecule has 0 radical (unpaired) electrons. The molecule has 11 heteroatoms. The number of alkyl halides is 3. The highest BCUT2D eigenvalue weighted by Crippen LogP contribution is 2.65. The van der Waals surface area contributed by atoms with Crippen molar-refractivity contribution in [3.8, 4) is 23.2 Å². The zero-order chi connectivity index (χ0) is 27.5. The number of nitrogens with zero attached hydrogens (tertiary/aromatic N) is 2. The third kappa shape index (κ3) is 4.01. The van der Waals surface area contributed by atoms with Crippen LogP contribution in [0.2, 0.25) is 0 Å². The largest absolute Gasteiger partial charge is 0.494 e. The van der Waals surface area contributed by atoms with Crippen molar-refractivity contribution in [2.75, 3.05) is 11.9 Å². The summed E-state index contributed by atoms with van der Waals surface area (Å²) >= 11 is 0. The highest BCUT2D eigenvalue weighted by atomic mass is 19.4. The van der Waals surface area contributed by atoms with Gasteiger partial charge in [0.25, 0.3) is 0 Å². The van der Waals surface area contributed by atoms with Gasteiger partial charge in [0.05, 0.1) is 41.2 Å². The van der Waals surface area contributed by atoms with Crippen LogP contribution in [-0.2, 0) is 26.9 Å². The number of anilines is 1. The lowest BCUT2D eigenvalue weighted by Crippen LogP contribution is -2.25. The molecule has 2 bridgehead atoms. The number of amides is 1. The molecule has 2 aliphatic rings. The van der Waals surface area contributed by atoms with E-state index in [2.05, 4.69) is 10.2 Å². The molecule has 2 aromatic carbocycles. The maximum absolute atomic E-state index is 13.6. The second kappa shape index (κ2) is 8.70. The van der Waals surface area contributed by atoms with E-state index < -0.39 is 40.4 Å². The molecule has 38 heavy (non-hydrogen) atoms. The van der Waals surface area contributed by atoms with Crippen LogP contribution in [0.1, 0.15) is 49.8 Å². The Labute approximate surface area is 216 Å². The van der Waals surface area contributed by atoms with Gasteiger partial charge in [-0.25, -0.2) is 4.85 Å². The molecule has 3 aromatic rings. The first-order chi connectivity index (χ1) is 17.9. The maximum Gasteiger partial charge on any atom is 0.407 e. The summed E-state index contributed by atoms with van der Waals surface area (Å²) in [6, 6.07) is 9.81. The number of fused-ring (bicyclic) bond motifs is 5. The number of nitrogens with one attached hydrogen (secondary N) is 1. The molecule has 2 unspecified atom stereocenters. The Hall–Kier alpha value is -4.17. The minimum atomic E-state index is -4.79. The van der Waals surface area contributed by atoms with E-state index in [0.717, 1.165) is 16.7 Å². The van der Waals surface area contributed by atoms with Gasteiger partial charge in [0.1, 0.15) is 11.4 Å². The van der Waals surface area contributed by atoms with Crippen LogP contribution in [0.3, 0.4) is 0 Å². The Morgan fingerprint density at radius 1 is 1.16 bits per heavy atom. The maximum atomic E-state index is 13.6. The fraction of sp³-hybridized carbons (Fsp3) is 0.333. The number of aromatic hydroxyl groups is 2. The third-order valence-electron chi connectivity index (χ3n) is 7.15. The molecule has 0 saturated carbocycles. The van der Waals surface area contributed by atoms with Gasteiger partial charge in [0, 0.05) is 19.0 Å². The van der Waals surface area contributed by atoms with Gasteiger partial charge >= 0.3 is 6.18 Å². The first-order valence-electron chi connectivity index (χ1n) is 11.9. The fourth-order valence-corrected chi connectivity index (χ4v) is 5.51. The predicted molar refractivity (Wildman–Crippen MR) is 131 cm³/mol. The summed E-state index contributed by atoms with van der Waals surface area (Å²) in [7, 11) is 0. The molecule has 2 aliphatic heterocycles. The molecule has 5 rings (SSSR count). The van der Waals surface area contributed by atoms with Crippen molar-refractivity contribution in [3.63, 3.8) is 0 Å². The van der Waals surface area contributed by atoms with Gasteiger partial charge in [-0.3, -0.25) is 9.36 Å². The lowest BCUT2D eigenvalue weighted by Gasteiger charge is -2.26. The minimum absolute atomic E-state index is 0.122. The third-order valence-corrected chi connectivity index (χ3v) is 7.15. The van der Waals surface area contributed by atoms with Crippen molar-refractivity contribution in [1.82, 2.24) is 4.57 Å². The molecular formula is C27H24F3N3O5. The number of benzene rings is 2. The standard InChI is InChI=1S/C27H24F3N3O5/c1-15(34)32-16-4-7-18(8-5-16)37-13-12-26-11-10-25(2,38-26)21-22(26)24(36)33(23(21)35)17-6-9-20(31-3)19(14-17)27(28,29)30/h4-9,14,35-36H,10-13H2,1-2H3,(H,32,34). The van der Waals surface area contributed by atoms with E-state index >= 15 is 0 Å². The number of aromatic nitrogens is 1. The first-order valence-corrected chi connectivity index (χ1v) is 11.9. The van der Waals surface area contributed by atoms with Gasteiger partial charge in [0.2, 0.25) is 17.7 Å². The van der Waals surface area contributed by atoms with Crippen LogP contribution in [0.5, 0.6) is 17.5 Å². The number of ether oxygens (including phenoxy) is 2. The van der Waals surface area contributed by atoms with E-state index in [4.69, 9.17) is 16.0 Å². The molecule has 2 atom stereocenters. The normalized spacial score (nSPS) is 21.7. The average Bonchev–Trinajstić information content (AvgIpc) is 3.43. The topological polar surface area (TPSA) is 97.3 Å². The Morgan fingerprint density at radius 2 is 1.84 bits per heavy atom. The predicted octanol–water partition coefficient (Wildman–Crippen LogP) is 6.12. The Balaban J connectivity index is 1.46. The Kier molecular flexibility index (Phi) is 5.83. The molecule has 3 N–H and O–H groups in total. The van der Waals surface area contributed by atoms with Crippen molar-refractivity contribution in [2.24, 2.45) is 0 Å². The summed E-state index contributed by atoms with van der Waals surface area (Å²) in [4.78, 5) is 14.1. The van der Waals surface area contributed by atoms with Crippen LogP contribution in [0.4, 0.5) is 24.5 Å². The van der Waals surface area contributed by atoms with E-state index in [9.17, 15) is 28.2 Å². The second-order valence-electron chi connectivity index (χ2n) is 9.67. The Morgan fingerprint density at radius 3 is 2.47 bits per heavy atom. The van der Waals surface area contributed by atoms with Crippen molar-refractivity contribution >= 4 is 17.3 Å². The van der Waals surface area contributed by atoms with Gasteiger partial charge < -0.3 is 25.0 Å². The van der Waals surface area contributed by atoms with E-state index in [1.54, 1.807) is 31.2 Å². The van der Waals surface area contributed by atoms with Crippen molar-refractivity contribution in [1.29, 1.82) is 0 Å². The number of carbonyl (C=O) groups excluding carboxylic acids is 1. The van der Waals surface area contributed by atoms with Crippen molar-refractivity contribution < 1.29 is 37.7 Å². The van der Waals surface area contributed by atoms with Crippen LogP contribution in [0.15, 0.2) is 42.5 Å². The summed E-state index contributed by atoms with van der Waals surface area (Å²) in [6.07, 6.45) is -3.43. The van der Waals surface area contributed by atoms with E-state index in [-0.39, 0.29) is 18.2 Å². The number of rotatable bonds is 6. The minimum Gasteiger partial charge on any atom is -0.494 e. The zero-order valence-corrected chi connectivity index (χ0v) is 20.5. The summed E-state index contributed by atoms with van der Waals surface area (Å²) in [5.41, 5.74) is -2.51. The van der Waals surface area contributed by atoms with Gasteiger partial charge in [-0.2, -0.15) is 13.2 Å². The summed E-state index contributed by atoms with van der Waals surface area (Å²) in [5, 5.41) is 25.0. The first kappa shape index (κ1) is 25.5. The van der Waals surface area contributed by atoms with Gasteiger partial charge in [-0.15, -0.1) is 0 Å². The monoisotopic (exact) mass is 527 g/mol. The van der Waals surface area contributed by atoms with Crippen molar-refractivity contribution in [2.45, 2.75) is 50.5 Å². The van der Waals surface area contributed by atoms with Gasteiger partial charge in [-0.1, -0.05) is 6.07 Å². The lowest BCUT2D eigenvalue weighted by molar-refractivity contribution is -0.136. The SMILES string of the molecule is [C-]#[N+]c1ccc(-n2c(O)c3c(c2O)C2(CCOc4ccc(NC(C)=O)cc4)CCC3(C)O2)cc1C(F)(F)F. The number of halogens is 3. The average molecular weight is 527 g/mol. The highest BCUT2D eigenvalue weighted by Gasteiger charge is 2.61. The Bertz CT molecular complexity index is 1480. The molecule has 0 spiro atoms. The molecule has 8 nitrogen and oxygen atoms in total. The summed E-state index contributed by atoms with van der Waals surface area (Å²) in [6.45, 7) is 10.4. The fourth-order valence-electron chi connectivity index (χ4n) is 5.51. The second-order valence-corrected chi connectivity index (χ2v) is 9.67. The molecule has 1 saturated heterocycles. The molecule has 3 heterocycles. The molecule has 1 aromatic heterocycles. The van der Waals surface area contributed by atoms with Crippen LogP contribution >= 0.6 is 0 Å². The van der Waals surface area contributed by atoms with E-state index in [0.29, 0.717) is 41.8 Å². The molecule has 1 amide bonds. The van der Waals surface area contributed by atoms with Crippen LogP contribution in [-0.4, -0.2) is 27.3 Å². The van der Waals surface area contributed by atoms with Crippen LogP contribution in [0, 0.1) is 6.57 Å². The molecule has 198 valence electrons. The lowest BCUT2D eigenvalue weighted by atomic mass is 9.78. The quantitative estimate of drug-likeness (QED) is 0.336. The summed E-state index contributed by atoms with van der Waals surface area (Å²) < 4.78 is 53.9. The molecule has 0 aliphatic carbocycles. The van der Waals surface area contributed by atoms with E-state index in [1.165, 1.54) is 13.0 Å². The zero-order valence-electron chi connectivity index (χ0n) is 20.5. The van der Waals surface area contributed by atoms with Crippen LogP contribution in [0.25, 0.3) is 10.5 Å². The molecule has 1 fully saturated rings. The highest BCUT2D eigenvalue weighted by molar-refractivity contribution is 5.88. The van der Waals surface area contributed by atoms with Crippen molar-refractivity contribution in [3.05, 3.63) is 70.6 Å². The smallest absolute Gasteiger partial charge is 0.407 e. The van der Waals surface area contributed by atoms with Crippen LogP contribution < -0.4 is 10.1 Å². The molecular weight excluding hydrogens is 503 g/mol. The van der Waals surface area contributed by atoms with E-state index in [1.807, 2.05) is 0 Å². The summed E-state index contributed by atoms with van der Waals surface area (Å²) in [5.74, 6) is -0.453. The van der Waals surface area contributed by atoms with Gasteiger partial charge in [0.15, 0.2) is 5.69 Å². The number of carbonyl (C=O) groups is 1.